The molecule has 0 aromatic heterocycles. The molecule has 4 fully saturated rings. The SMILES string of the molecule is Cc1ccc(/C=C2\C[C@]3(C)[C@H]4C(=O)C=C5[C@@H]6C[C@@](C)(C(=O)O)CC[C@]6(C)CC[C@@]5(C)[C@]4(C)CC[C@H]3C(C)(C)C2=O)cc1. The van der Waals surface area contributed by atoms with Gasteiger partial charge in [-0.05, 0) is 122 Å². The number of rotatable bonds is 2. The predicted octanol–water partition coefficient (Wildman–Crippen LogP) is 8.62. The van der Waals surface area contributed by atoms with E-state index in [1.54, 1.807) is 0 Å². The fourth-order valence-corrected chi connectivity index (χ4v) is 11.2. The van der Waals surface area contributed by atoms with Crippen molar-refractivity contribution in [2.24, 2.45) is 50.2 Å². The van der Waals surface area contributed by atoms with Gasteiger partial charge in [0.05, 0.1) is 5.41 Å². The molecule has 1 aromatic carbocycles. The lowest BCUT2D eigenvalue weighted by atomic mass is 9.33. The molecule has 42 heavy (non-hydrogen) atoms. The lowest BCUT2D eigenvalue weighted by Gasteiger charge is -2.70. The lowest BCUT2D eigenvalue weighted by molar-refractivity contribution is -0.183. The Labute approximate surface area is 252 Å². The van der Waals surface area contributed by atoms with Crippen molar-refractivity contribution in [3.05, 3.63) is 52.6 Å². The van der Waals surface area contributed by atoms with E-state index >= 15 is 0 Å². The average Bonchev–Trinajstić information content (AvgIpc) is 2.90. The third-order valence-electron chi connectivity index (χ3n) is 14.1. The number of carboxylic acid groups (broad SMARTS) is 1. The Morgan fingerprint density at radius 3 is 2.19 bits per heavy atom. The van der Waals surface area contributed by atoms with E-state index in [2.05, 4.69) is 78.8 Å². The van der Waals surface area contributed by atoms with Crippen LogP contribution in [-0.4, -0.2) is 22.6 Å². The number of aryl methyl sites for hydroxylation is 1. The van der Waals surface area contributed by atoms with E-state index in [0.29, 0.717) is 19.3 Å². The Kier molecular flexibility index (Phi) is 6.35. The van der Waals surface area contributed by atoms with Crippen LogP contribution in [0.1, 0.15) is 111 Å². The minimum atomic E-state index is -0.753. The molecule has 4 nitrogen and oxygen atoms in total. The zero-order chi connectivity index (χ0) is 30.7. The van der Waals surface area contributed by atoms with Crippen molar-refractivity contribution in [2.75, 3.05) is 0 Å². The maximum atomic E-state index is 14.7. The summed E-state index contributed by atoms with van der Waals surface area (Å²) in [6.07, 6.45) is 10.9. The van der Waals surface area contributed by atoms with Crippen LogP contribution in [0.5, 0.6) is 0 Å². The summed E-state index contributed by atoms with van der Waals surface area (Å²) in [6, 6.07) is 8.33. The minimum Gasteiger partial charge on any atom is -0.481 e. The molecular weight excluding hydrogens is 520 g/mol. The molecule has 5 aliphatic carbocycles. The van der Waals surface area contributed by atoms with Gasteiger partial charge in [-0.3, -0.25) is 14.4 Å². The first-order valence-electron chi connectivity index (χ1n) is 16.2. The van der Waals surface area contributed by atoms with Gasteiger partial charge < -0.3 is 5.11 Å². The van der Waals surface area contributed by atoms with Crippen LogP contribution >= 0.6 is 0 Å². The highest BCUT2D eigenvalue weighted by Crippen LogP contribution is 2.75. The summed E-state index contributed by atoms with van der Waals surface area (Å²) >= 11 is 0. The van der Waals surface area contributed by atoms with E-state index in [1.165, 1.54) is 11.1 Å². The maximum Gasteiger partial charge on any atom is 0.309 e. The quantitative estimate of drug-likeness (QED) is 0.361. The molecule has 5 aliphatic rings. The number of hydrogen-bond acceptors (Lipinski definition) is 3. The average molecular weight is 571 g/mol. The highest BCUT2D eigenvalue weighted by Gasteiger charge is 2.70. The molecule has 0 amide bonds. The molecular formula is C38H50O4. The molecule has 4 saturated carbocycles. The number of carboxylic acids is 1. The van der Waals surface area contributed by atoms with E-state index in [0.717, 1.165) is 43.2 Å². The Balaban J connectivity index is 1.46. The summed E-state index contributed by atoms with van der Waals surface area (Å²) in [5.41, 5.74) is 2.28. The normalized spacial score (nSPS) is 45.3. The Morgan fingerprint density at radius 2 is 1.55 bits per heavy atom. The molecule has 1 N–H and O–H groups in total. The van der Waals surface area contributed by atoms with Crippen LogP contribution in [0.4, 0.5) is 0 Å². The van der Waals surface area contributed by atoms with Gasteiger partial charge in [0.1, 0.15) is 0 Å². The van der Waals surface area contributed by atoms with E-state index in [1.807, 2.05) is 13.0 Å². The third kappa shape index (κ3) is 3.81. The van der Waals surface area contributed by atoms with E-state index in [9.17, 15) is 19.5 Å². The summed E-state index contributed by atoms with van der Waals surface area (Å²) in [7, 11) is 0. The first-order valence-corrected chi connectivity index (χ1v) is 16.2. The van der Waals surface area contributed by atoms with Crippen molar-refractivity contribution < 1.29 is 19.5 Å². The van der Waals surface area contributed by atoms with Crippen molar-refractivity contribution in [3.63, 3.8) is 0 Å². The Morgan fingerprint density at radius 1 is 0.905 bits per heavy atom. The standard InChI is InChI=1S/C38H50O4/c1-23-9-11-24(12-10-23)19-25-21-36(6)29(33(2,3)31(25)40)13-14-38(8)30(36)28(39)20-26-27-22-35(5,32(41)42)16-15-34(27,4)17-18-37(26,38)7/h9-12,19-20,27,29-30H,13-18,21-22H2,1-8H3,(H,41,42)/b25-19+/t27-,29-,30+,34+,35-,36-,37+,38+/m0/s1. The van der Waals surface area contributed by atoms with Crippen molar-refractivity contribution >= 4 is 23.6 Å². The van der Waals surface area contributed by atoms with E-state index in [4.69, 9.17) is 0 Å². The molecule has 6 rings (SSSR count). The minimum absolute atomic E-state index is 0.0358. The molecule has 4 heteroatoms. The Hall–Kier alpha value is -2.49. The van der Waals surface area contributed by atoms with Crippen LogP contribution in [0, 0.1) is 57.2 Å². The summed E-state index contributed by atoms with van der Waals surface area (Å²) in [5, 5.41) is 10.2. The van der Waals surface area contributed by atoms with Crippen LogP contribution < -0.4 is 0 Å². The Bertz CT molecular complexity index is 1430. The zero-order valence-corrected chi connectivity index (χ0v) is 27.0. The van der Waals surface area contributed by atoms with Crippen LogP contribution in [0.3, 0.4) is 0 Å². The fraction of sp³-hybridized carbons (Fsp3) is 0.658. The number of ketones is 2. The highest BCUT2D eigenvalue weighted by molar-refractivity contribution is 6.05. The zero-order valence-electron chi connectivity index (χ0n) is 27.0. The number of hydrogen-bond donors (Lipinski definition) is 1. The van der Waals surface area contributed by atoms with Crippen LogP contribution in [-0.2, 0) is 14.4 Å². The van der Waals surface area contributed by atoms with Crippen LogP contribution in [0.25, 0.3) is 6.08 Å². The smallest absolute Gasteiger partial charge is 0.309 e. The predicted molar refractivity (Wildman–Crippen MR) is 167 cm³/mol. The summed E-state index contributed by atoms with van der Waals surface area (Å²) in [5.74, 6) is -0.206. The number of carbonyl (C=O) groups is 3. The summed E-state index contributed by atoms with van der Waals surface area (Å²) in [4.78, 5) is 41.1. The second kappa shape index (κ2) is 9.02. The number of carbonyl (C=O) groups excluding carboxylic acids is 2. The van der Waals surface area contributed by atoms with Gasteiger partial charge >= 0.3 is 5.97 Å². The van der Waals surface area contributed by atoms with Gasteiger partial charge in [-0.1, -0.05) is 76.9 Å². The molecule has 0 radical (unpaired) electrons. The van der Waals surface area contributed by atoms with Gasteiger partial charge in [0.2, 0.25) is 0 Å². The van der Waals surface area contributed by atoms with Gasteiger partial charge in [-0.25, -0.2) is 0 Å². The fourth-order valence-electron chi connectivity index (χ4n) is 11.2. The lowest BCUT2D eigenvalue weighted by Crippen LogP contribution is -2.66. The maximum absolute atomic E-state index is 14.7. The number of Topliss-reactive ketones (excluding diaryl/α,β-unsaturated/α-hetero) is 1. The molecule has 0 aliphatic heterocycles. The molecule has 0 unspecified atom stereocenters. The number of benzene rings is 1. The third-order valence-corrected chi connectivity index (χ3v) is 14.1. The summed E-state index contributed by atoms with van der Waals surface area (Å²) < 4.78 is 0. The van der Waals surface area contributed by atoms with E-state index in [-0.39, 0.29) is 51.0 Å². The molecule has 0 saturated heterocycles. The second-order valence-electron chi connectivity index (χ2n) is 16.9. The molecule has 0 bridgehead atoms. The molecule has 1 aromatic rings. The topological polar surface area (TPSA) is 71.4 Å². The molecule has 0 spiro atoms. The van der Waals surface area contributed by atoms with Gasteiger partial charge in [0.25, 0.3) is 0 Å². The van der Waals surface area contributed by atoms with Gasteiger partial charge in [-0.2, -0.15) is 0 Å². The highest BCUT2D eigenvalue weighted by atomic mass is 16.4. The second-order valence-corrected chi connectivity index (χ2v) is 16.9. The van der Waals surface area contributed by atoms with Gasteiger partial charge in [0.15, 0.2) is 11.6 Å². The number of allylic oxidation sites excluding steroid dienone is 3. The number of fused-ring (bicyclic) bond motifs is 7. The first-order chi connectivity index (χ1) is 19.4. The molecule has 8 atom stereocenters. The summed E-state index contributed by atoms with van der Waals surface area (Å²) in [6.45, 7) is 17.6. The van der Waals surface area contributed by atoms with E-state index < -0.39 is 16.8 Å². The van der Waals surface area contributed by atoms with Gasteiger partial charge in [0, 0.05) is 11.3 Å². The van der Waals surface area contributed by atoms with Crippen LogP contribution in [0.2, 0.25) is 0 Å². The van der Waals surface area contributed by atoms with Crippen molar-refractivity contribution in [2.45, 2.75) is 107 Å². The van der Waals surface area contributed by atoms with Crippen LogP contribution in [0.15, 0.2) is 41.5 Å². The van der Waals surface area contributed by atoms with Gasteiger partial charge in [-0.15, -0.1) is 0 Å². The van der Waals surface area contributed by atoms with Crippen molar-refractivity contribution in [3.8, 4) is 0 Å². The molecule has 226 valence electrons. The monoisotopic (exact) mass is 570 g/mol. The van der Waals surface area contributed by atoms with Crippen molar-refractivity contribution in [1.82, 2.24) is 0 Å². The first kappa shape index (κ1) is 29.6. The largest absolute Gasteiger partial charge is 0.481 e. The van der Waals surface area contributed by atoms with Crippen molar-refractivity contribution in [1.29, 1.82) is 0 Å². The number of aliphatic carboxylic acids is 1. The molecule has 0 heterocycles.